The van der Waals surface area contributed by atoms with Gasteiger partial charge in [-0.05, 0) is 0 Å². The molecule has 0 amide bonds. The molecule has 86 valence electrons. The van der Waals surface area contributed by atoms with Crippen molar-refractivity contribution in [3.8, 4) is 0 Å². The van der Waals surface area contributed by atoms with Crippen molar-refractivity contribution in [2.45, 2.75) is 0 Å². The van der Waals surface area contributed by atoms with Crippen molar-refractivity contribution in [1.82, 2.24) is 5.06 Å². The molecule has 0 radical (unpaired) electrons. The zero-order chi connectivity index (χ0) is 11.4. The Hall–Kier alpha value is 0.740. The van der Waals surface area contributed by atoms with Crippen LogP contribution >= 0.6 is 0 Å². The Labute approximate surface area is 110 Å². The van der Waals surface area contributed by atoms with E-state index < -0.39 is 44.8 Å². The van der Waals surface area contributed by atoms with E-state index in [9.17, 15) is 22.0 Å². The van der Waals surface area contributed by atoms with Gasteiger partial charge in [0.2, 0.25) is 0 Å². The minimum absolute atomic E-state index is 0. The summed E-state index contributed by atoms with van der Waals surface area (Å²) in [6.45, 7) is -1.09. The Morgan fingerprint density at radius 3 is 1.40 bits per heavy atom. The van der Waals surface area contributed by atoms with E-state index >= 15 is 0 Å². The molecule has 0 aliphatic rings. The molecule has 0 spiro atoms. The number of hydrogen-bond acceptors (Lipinski definition) is 6. The maximum atomic E-state index is 10.7. The molecule has 0 saturated heterocycles. The largest absolute Gasteiger partial charge is 1.00 e. The van der Waals surface area contributed by atoms with Crippen LogP contribution in [-0.4, -0.2) is 55.6 Å². The third kappa shape index (κ3) is 14.7. The normalized spacial score (nSPS) is 12.5. The summed E-state index contributed by atoms with van der Waals surface area (Å²) in [5.41, 5.74) is 0. The van der Waals surface area contributed by atoms with Crippen LogP contribution in [0.25, 0.3) is 0 Å². The topological polar surface area (TPSA) is 135 Å². The molecule has 0 aromatic rings. The van der Waals surface area contributed by atoms with E-state index in [1.807, 2.05) is 0 Å². The van der Waals surface area contributed by atoms with Crippen LogP contribution in [0.2, 0.25) is 0 Å². The monoisotopic (exact) mass is 271 g/mol. The summed E-state index contributed by atoms with van der Waals surface area (Å²) in [6, 6.07) is 0. The first kappa shape index (κ1) is 18.1. The molecular formula is C4H10NNaO7S2. The van der Waals surface area contributed by atoms with Gasteiger partial charge >= 0.3 is 29.6 Å². The molecular weight excluding hydrogens is 261 g/mol. The van der Waals surface area contributed by atoms with Crippen molar-refractivity contribution < 1.29 is 55.5 Å². The molecule has 0 unspecified atom stereocenters. The van der Waals surface area contributed by atoms with E-state index in [0.717, 1.165) is 0 Å². The van der Waals surface area contributed by atoms with Crippen molar-refractivity contribution in [3.05, 3.63) is 5.21 Å². The summed E-state index contributed by atoms with van der Waals surface area (Å²) in [5, 5.41) is 10.8. The summed E-state index contributed by atoms with van der Waals surface area (Å²) in [5.74, 6) is -1.55. The molecule has 2 N–H and O–H groups in total. The number of hydroxylamine groups is 2. The van der Waals surface area contributed by atoms with Crippen molar-refractivity contribution in [3.63, 3.8) is 0 Å². The fraction of sp³-hybridized carbons (Fsp3) is 1.00. The van der Waals surface area contributed by atoms with Crippen molar-refractivity contribution >= 4 is 20.2 Å². The van der Waals surface area contributed by atoms with E-state index in [1.165, 1.54) is 0 Å². The molecule has 0 aromatic carbocycles. The van der Waals surface area contributed by atoms with E-state index in [-0.39, 0.29) is 34.6 Å². The molecule has 0 bridgehead atoms. The van der Waals surface area contributed by atoms with Crippen LogP contribution in [0.15, 0.2) is 0 Å². The van der Waals surface area contributed by atoms with Gasteiger partial charge in [-0.3, -0.25) is 9.11 Å². The quantitative estimate of drug-likeness (QED) is 0.281. The summed E-state index contributed by atoms with van der Waals surface area (Å²) in [6.07, 6.45) is 0. The van der Waals surface area contributed by atoms with Gasteiger partial charge in [-0.1, -0.05) is 0 Å². The van der Waals surface area contributed by atoms with Crippen LogP contribution in [0.5, 0.6) is 0 Å². The molecule has 0 aromatic heterocycles. The van der Waals surface area contributed by atoms with Crippen LogP contribution in [0.1, 0.15) is 0 Å². The first-order valence-corrected chi connectivity index (χ1v) is 6.64. The third-order valence-electron chi connectivity index (χ3n) is 1.20. The summed E-state index contributed by atoms with van der Waals surface area (Å²) < 4.78 is 57.1. The van der Waals surface area contributed by atoms with E-state index in [4.69, 9.17) is 9.11 Å². The second-order valence-electron chi connectivity index (χ2n) is 2.50. The maximum absolute atomic E-state index is 10.7. The fourth-order valence-corrected chi connectivity index (χ4v) is 1.41. The summed E-state index contributed by atoms with van der Waals surface area (Å²) in [4.78, 5) is 0. The molecule has 11 heteroatoms. The molecule has 0 fully saturated rings. The van der Waals surface area contributed by atoms with Crippen LogP contribution in [0.4, 0.5) is 0 Å². The van der Waals surface area contributed by atoms with Gasteiger partial charge < -0.3 is 10.3 Å². The second-order valence-corrected chi connectivity index (χ2v) is 5.65. The number of nitrogens with zero attached hydrogens (tertiary/aromatic N) is 1. The molecule has 0 aliphatic carbocycles. The number of hydrogen-bond donors (Lipinski definition) is 2. The second kappa shape index (κ2) is 7.14. The molecule has 8 nitrogen and oxygen atoms in total. The average molecular weight is 271 g/mol. The van der Waals surface area contributed by atoms with Crippen LogP contribution in [-0.2, 0) is 20.2 Å². The van der Waals surface area contributed by atoms with E-state index in [1.54, 1.807) is 0 Å². The zero-order valence-electron chi connectivity index (χ0n) is 8.03. The van der Waals surface area contributed by atoms with Gasteiger partial charge in [0.25, 0.3) is 20.2 Å². The summed E-state index contributed by atoms with van der Waals surface area (Å²) in [7, 11) is -8.45. The third-order valence-corrected chi connectivity index (χ3v) is 2.59. The average Bonchev–Trinajstić information content (AvgIpc) is 1.94. The molecule has 0 rings (SSSR count). The van der Waals surface area contributed by atoms with E-state index in [0.29, 0.717) is 0 Å². The number of rotatable bonds is 6. The van der Waals surface area contributed by atoms with Crippen molar-refractivity contribution in [2.75, 3.05) is 24.6 Å². The van der Waals surface area contributed by atoms with Gasteiger partial charge in [0.1, 0.15) is 0 Å². The Kier molecular flexibility index (Phi) is 8.62. The Morgan fingerprint density at radius 2 is 1.20 bits per heavy atom. The SMILES string of the molecule is O=S(=O)(O)CCN([O-])CCS(=O)(=O)O.[Na+]. The van der Waals surface area contributed by atoms with Crippen molar-refractivity contribution in [2.24, 2.45) is 0 Å². The van der Waals surface area contributed by atoms with E-state index in [2.05, 4.69) is 0 Å². The van der Waals surface area contributed by atoms with Gasteiger partial charge in [-0.2, -0.15) is 16.8 Å². The molecule has 0 atom stereocenters. The molecule has 0 aliphatic heterocycles. The Balaban J connectivity index is 0. The molecule has 15 heavy (non-hydrogen) atoms. The zero-order valence-corrected chi connectivity index (χ0v) is 11.7. The van der Waals surface area contributed by atoms with Gasteiger partial charge in [-0.15, -0.1) is 0 Å². The summed E-state index contributed by atoms with van der Waals surface area (Å²) >= 11 is 0. The first-order valence-electron chi connectivity index (χ1n) is 3.42. The van der Waals surface area contributed by atoms with Gasteiger partial charge in [0.05, 0.1) is 11.5 Å². The smallest absolute Gasteiger partial charge is 0.785 e. The van der Waals surface area contributed by atoms with Crippen LogP contribution < -0.4 is 29.6 Å². The Morgan fingerprint density at radius 1 is 0.933 bits per heavy atom. The fourth-order valence-electron chi connectivity index (χ4n) is 0.546. The maximum Gasteiger partial charge on any atom is 1.00 e. The predicted molar refractivity (Wildman–Crippen MR) is 47.8 cm³/mol. The molecule has 0 saturated carbocycles. The first-order chi connectivity index (χ1) is 6.10. The minimum atomic E-state index is -4.23. The standard InChI is InChI=1S/C4H10NO7S2.Na/c6-5(1-3-13(7,8)9)2-4-14(10,11)12;/h1-4H2,(H,7,8,9)(H,10,11,12);/q-1;+1. The van der Waals surface area contributed by atoms with Crippen LogP contribution in [0, 0.1) is 5.21 Å². The molecule has 0 heterocycles. The van der Waals surface area contributed by atoms with Gasteiger partial charge in [0, 0.05) is 13.1 Å². The Bertz CT molecular complexity index is 326. The van der Waals surface area contributed by atoms with Crippen molar-refractivity contribution in [1.29, 1.82) is 0 Å². The minimum Gasteiger partial charge on any atom is -0.785 e. The van der Waals surface area contributed by atoms with Gasteiger partial charge in [-0.25, -0.2) is 0 Å². The predicted octanol–water partition coefficient (Wildman–Crippen LogP) is -4.43. The van der Waals surface area contributed by atoms with Gasteiger partial charge in [0.15, 0.2) is 0 Å². The van der Waals surface area contributed by atoms with Crippen LogP contribution in [0.3, 0.4) is 0 Å².